The fraction of sp³-hybridized carbons (Fsp3) is 0.700. The summed E-state index contributed by atoms with van der Waals surface area (Å²) in [6, 6.07) is -0.446. The van der Waals surface area contributed by atoms with Crippen molar-refractivity contribution in [1.82, 2.24) is 9.55 Å². The molecule has 0 aliphatic rings. The highest BCUT2D eigenvalue weighted by Gasteiger charge is 2.31. The molecule has 0 amide bonds. The number of nitro groups is 1. The lowest BCUT2D eigenvalue weighted by Gasteiger charge is -2.28. The van der Waals surface area contributed by atoms with Crippen LogP contribution in [0.5, 0.6) is 0 Å². The average molecular weight is 272 g/mol. The summed E-state index contributed by atoms with van der Waals surface area (Å²) in [5.74, 6) is 0.572. The molecule has 1 rings (SSSR count). The second-order valence-electron chi connectivity index (χ2n) is 4.73. The van der Waals surface area contributed by atoms with Crippen LogP contribution in [0.2, 0.25) is 0 Å². The van der Waals surface area contributed by atoms with Gasteiger partial charge < -0.3 is 14.7 Å². The van der Waals surface area contributed by atoms with Gasteiger partial charge in [0.05, 0.1) is 6.54 Å². The summed E-state index contributed by atoms with van der Waals surface area (Å²) in [5, 5.41) is 13.7. The van der Waals surface area contributed by atoms with Crippen molar-refractivity contribution in [3.63, 3.8) is 0 Å². The molecule has 1 heterocycles. The van der Waals surface area contributed by atoms with Gasteiger partial charge in [0.2, 0.25) is 6.33 Å². The number of hydrogen-bond acceptors (Lipinski definition) is 6. The van der Waals surface area contributed by atoms with E-state index in [2.05, 4.69) is 10.2 Å². The quantitative estimate of drug-likeness (QED) is 0.431. The van der Waals surface area contributed by atoms with Gasteiger partial charge in [-0.25, -0.2) is 0 Å². The lowest BCUT2D eigenvalue weighted by atomic mass is 9.87. The van der Waals surface area contributed by atoms with Crippen molar-refractivity contribution in [3.8, 4) is 0 Å². The summed E-state index contributed by atoms with van der Waals surface area (Å²) in [4.78, 5) is 24.5. The van der Waals surface area contributed by atoms with E-state index in [0.29, 0.717) is 6.54 Å². The highest BCUT2D eigenvalue weighted by atomic mass is 32.2. The van der Waals surface area contributed by atoms with E-state index in [1.54, 1.807) is 11.8 Å². The molecular weight excluding hydrogens is 256 g/mol. The van der Waals surface area contributed by atoms with E-state index in [-0.39, 0.29) is 11.2 Å². The topological polar surface area (TPSA) is 90.4 Å². The number of aromatic nitrogens is 2. The Balaban J connectivity index is 2.79. The van der Waals surface area contributed by atoms with E-state index < -0.39 is 11.0 Å². The van der Waals surface area contributed by atoms with Crippen LogP contribution in [-0.4, -0.2) is 32.5 Å². The zero-order valence-electron chi connectivity index (χ0n) is 10.6. The normalized spacial score (nSPS) is 13.3. The Morgan fingerprint density at radius 1 is 1.67 bits per heavy atom. The van der Waals surface area contributed by atoms with E-state index in [9.17, 15) is 15.0 Å². The van der Waals surface area contributed by atoms with Gasteiger partial charge in [0.1, 0.15) is 12.2 Å². The Morgan fingerprint density at radius 3 is 2.78 bits per heavy atom. The van der Waals surface area contributed by atoms with Crippen LogP contribution in [0.15, 0.2) is 17.7 Å². The minimum Gasteiger partial charge on any atom is -0.358 e. The Hall–Kier alpha value is -1.44. The molecule has 7 nitrogen and oxygen atoms in total. The Kier molecular flexibility index (Phi) is 4.83. The fourth-order valence-corrected chi connectivity index (χ4v) is 2.57. The number of nitrogens with zero attached hydrogens (tertiary/aromatic N) is 4. The number of thioether (sulfide) groups is 1. The van der Waals surface area contributed by atoms with Gasteiger partial charge in [-0.3, -0.25) is 0 Å². The molecular formula is C10H16N4O3S. The molecule has 8 heteroatoms. The van der Waals surface area contributed by atoms with Crippen LogP contribution in [0, 0.1) is 20.4 Å². The maximum atomic E-state index is 10.9. The van der Waals surface area contributed by atoms with Crippen LogP contribution in [0.1, 0.15) is 13.8 Å². The molecule has 0 saturated carbocycles. The average Bonchev–Trinajstić information content (AvgIpc) is 2.74. The standard InChI is InChI=1S/C10H16N4O3S/c1-10(2,6-18-3)8(12-15)4-13-5-9(11-7-13)14(16)17/h5,7-8H,4,6H2,1-3H3. The molecule has 0 bridgehead atoms. The maximum Gasteiger partial charge on any atom is 0.381 e. The summed E-state index contributed by atoms with van der Waals surface area (Å²) >= 11 is 1.64. The molecule has 1 aromatic heterocycles. The molecule has 0 aliphatic heterocycles. The lowest BCUT2D eigenvalue weighted by Crippen LogP contribution is -2.33. The second kappa shape index (κ2) is 5.94. The summed E-state index contributed by atoms with van der Waals surface area (Å²) in [7, 11) is 0. The van der Waals surface area contributed by atoms with Gasteiger partial charge in [0.15, 0.2) is 0 Å². The van der Waals surface area contributed by atoms with E-state index in [1.807, 2.05) is 20.1 Å². The number of hydrogen-bond donors (Lipinski definition) is 0. The van der Waals surface area contributed by atoms with E-state index in [0.717, 1.165) is 5.75 Å². The molecule has 0 aliphatic carbocycles. The molecule has 1 unspecified atom stereocenters. The molecule has 1 aromatic rings. The van der Waals surface area contributed by atoms with Gasteiger partial charge >= 0.3 is 5.82 Å². The molecule has 18 heavy (non-hydrogen) atoms. The van der Waals surface area contributed by atoms with E-state index in [1.165, 1.54) is 17.1 Å². The first-order chi connectivity index (χ1) is 8.40. The molecule has 0 aromatic carbocycles. The molecule has 0 radical (unpaired) electrons. The monoisotopic (exact) mass is 272 g/mol. The first-order valence-corrected chi connectivity index (χ1v) is 6.77. The Morgan fingerprint density at radius 2 is 2.33 bits per heavy atom. The first-order valence-electron chi connectivity index (χ1n) is 5.38. The second-order valence-corrected chi connectivity index (χ2v) is 5.59. The minimum atomic E-state index is -0.563. The SMILES string of the molecule is CSCC(C)(C)C(Cn1cnc([N+](=O)[O-])c1)N=O. The van der Waals surface area contributed by atoms with E-state index >= 15 is 0 Å². The van der Waals surface area contributed by atoms with Crippen molar-refractivity contribution in [3.05, 3.63) is 27.5 Å². The third kappa shape index (κ3) is 3.52. The highest BCUT2D eigenvalue weighted by Crippen LogP contribution is 2.28. The third-order valence-corrected chi connectivity index (χ3v) is 3.77. The summed E-state index contributed by atoms with van der Waals surface area (Å²) in [5.41, 5.74) is -0.264. The molecule has 0 fully saturated rings. The zero-order chi connectivity index (χ0) is 13.8. The predicted molar refractivity (Wildman–Crippen MR) is 70.6 cm³/mol. The fourth-order valence-electron chi connectivity index (χ4n) is 1.63. The van der Waals surface area contributed by atoms with Gasteiger partial charge in [-0.2, -0.15) is 16.7 Å². The third-order valence-electron chi connectivity index (χ3n) is 2.74. The maximum absolute atomic E-state index is 10.9. The van der Waals surface area contributed by atoms with Crippen molar-refractivity contribution < 1.29 is 4.92 Å². The van der Waals surface area contributed by atoms with E-state index in [4.69, 9.17) is 0 Å². The smallest absolute Gasteiger partial charge is 0.358 e. The Labute approximate surface area is 109 Å². The first kappa shape index (κ1) is 14.6. The molecule has 0 N–H and O–H groups in total. The highest BCUT2D eigenvalue weighted by molar-refractivity contribution is 7.98. The van der Waals surface area contributed by atoms with Crippen molar-refractivity contribution in [2.45, 2.75) is 26.4 Å². The molecule has 0 saturated heterocycles. The van der Waals surface area contributed by atoms with Crippen LogP contribution in [0.25, 0.3) is 0 Å². The number of rotatable bonds is 7. The van der Waals surface area contributed by atoms with Gasteiger partial charge in [-0.15, -0.1) is 0 Å². The van der Waals surface area contributed by atoms with Crippen molar-refractivity contribution in [2.75, 3.05) is 12.0 Å². The van der Waals surface area contributed by atoms with Gasteiger partial charge in [-0.1, -0.05) is 19.0 Å². The number of nitroso groups, excluding NO2 is 1. The summed E-state index contributed by atoms with van der Waals surface area (Å²) < 4.78 is 1.53. The van der Waals surface area contributed by atoms with Crippen LogP contribution in [0.4, 0.5) is 5.82 Å². The van der Waals surface area contributed by atoms with Gasteiger partial charge in [0, 0.05) is 11.2 Å². The van der Waals surface area contributed by atoms with Crippen LogP contribution in [-0.2, 0) is 6.54 Å². The predicted octanol–water partition coefficient (Wildman–Crippen LogP) is 2.32. The van der Waals surface area contributed by atoms with Gasteiger partial charge in [0.25, 0.3) is 0 Å². The van der Waals surface area contributed by atoms with Crippen molar-refractivity contribution in [1.29, 1.82) is 0 Å². The van der Waals surface area contributed by atoms with Crippen LogP contribution >= 0.6 is 11.8 Å². The largest absolute Gasteiger partial charge is 0.381 e. The lowest BCUT2D eigenvalue weighted by molar-refractivity contribution is -0.389. The molecule has 0 spiro atoms. The van der Waals surface area contributed by atoms with Crippen LogP contribution < -0.4 is 0 Å². The summed E-state index contributed by atoms with van der Waals surface area (Å²) in [6.07, 6.45) is 4.63. The Bertz CT molecular complexity index is 433. The summed E-state index contributed by atoms with van der Waals surface area (Å²) in [6.45, 7) is 4.22. The number of imidazole rings is 1. The minimum absolute atomic E-state index is 0.220. The van der Waals surface area contributed by atoms with Crippen molar-refractivity contribution >= 4 is 17.6 Å². The molecule has 1 atom stereocenters. The van der Waals surface area contributed by atoms with Crippen molar-refractivity contribution in [2.24, 2.45) is 10.6 Å². The van der Waals surface area contributed by atoms with Crippen LogP contribution in [0.3, 0.4) is 0 Å². The van der Waals surface area contributed by atoms with Gasteiger partial charge in [-0.05, 0) is 16.2 Å². The molecule has 100 valence electrons. The zero-order valence-corrected chi connectivity index (χ0v) is 11.4.